The van der Waals surface area contributed by atoms with Crippen LogP contribution >= 0.6 is 0 Å². The summed E-state index contributed by atoms with van der Waals surface area (Å²) in [6, 6.07) is 45.6. The van der Waals surface area contributed by atoms with Crippen molar-refractivity contribution >= 4 is 0 Å². The third-order valence-corrected chi connectivity index (χ3v) is 7.90. The summed E-state index contributed by atoms with van der Waals surface area (Å²) in [7, 11) is 0. The smallest absolute Gasteiger partial charge is 0.164 e. The molecule has 5 heteroatoms. The van der Waals surface area contributed by atoms with Gasteiger partial charge in [0.25, 0.3) is 0 Å². The molecular weight excluding hydrogens is 526 g/mol. The molecule has 0 fully saturated rings. The van der Waals surface area contributed by atoms with E-state index in [1.807, 2.05) is 60.7 Å². The Morgan fingerprint density at radius 1 is 0.395 bits per heavy atom. The Morgan fingerprint density at radius 2 is 0.930 bits per heavy atom. The van der Waals surface area contributed by atoms with Crippen LogP contribution in [-0.2, 0) is 6.42 Å². The van der Waals surface area contributed by atoms with Gasteiger partial charge < -0.3 is 0 Å². The van der Waals surface area contributed by atoms with Crippen LogP contribution in [0.5, 0.6) is 0 Å². The first-order valence-electron chi connectivity index (χ1n) is 14.3. The molecule has 1 aliphatic carbocycles. The molecule has 43 heavy (non-hydrogen) atoms. The predicted octanol–water partition coefficient (Wildman–Crippen LogP) is 8.57. The van der Waals surface area contributed by atoms with E-state index in [1.54, 1.807) is 6.33 Å². The van der Waals surface area contributed by atoms with Gasteiger partial charge >= 0.3 is 0 Å². The van der Waals surface area contributed by atoms with E-state index in [0.717, 1.165) is 51.2 Å². The topological polar surface area (TPSA) is 64.5 Å². The normalized spacial score (nSPS) is 11.6. The molecule has 0 atom stereocenters. The van der Waals surface area contributed by atoms with Gasteiger partial charge in [-0.2, -0.15) is 0 Å². The van der Waals surface area contributed by atoms with Crippen LogP contribution < -0.4 is 0 Å². The fourth-order valence-electron chi connectivity index (χ4n) is 5.75. The van der Waals surface area contributed by atoms with Crippen LogP contribution in [0.1, 0.15) is 11.1 Å². The van der Waals surface area contributed by atoms with Gasteiger partial charge in [0, 0.05) is 39.8 Å². The Morgan fingerprint density at radius 3 is 1.63 bits per heavy atom. The Bertz CT molecular complexity index is 2030. The van der Waals surface area contributed by atoms with Crippen LogP contribution in [0.3, 0.4) is 0 Å². The molecule has 0 spiro atoms. The predicted molar refractivity (Wildman–Crippen MR) is 171 cm³/mol. The third-order valence-electron chi connectivity index (χ3n) is 7.90. The van der Waals surface area contributed by atoms with Crippen LogP contribution in [-0.4, -0.2) is 24.9 Å². The van der Waals surface area contributed by atoms with Crippen LogP contribution in [0.15, 0.2) is 140 Å². The zero-order valence-electron chi connectivity index (χ0n) is 23.2. The van der Waals surface area contributed by atoms with Gasteiger partial charge in [0.05, 0.1) is 11.4 Å². The minimum Gasteiger partial charge on any atom is -0.236 e. The number of benzene rings is 5. The van der Waals surface area contributed by atoms with E-state index in [0.29, 0.717) is 17.5 Å². The van der Waals surface area contributed by atoms with Crippen molar-refractivity contribution in [2.24, 2.45) is 0 Å². The average Bonchev–Trinajstić information content (AvgIpc) is 3.48. The molecule has 202 valence electrons. The zero-order valence-corrected chi connectivity index (χ0v) is 23.2. The molecule has 1 aliphatic rings. The standard InChI is InChI=1S/C38H25N5/c1-3-10-27(11-4-1)36-41-37(28-12-5-2-6-13-28)43-38(42-36)31-16-9-15-29(22-31)25-18-20-26(21-19-25)34-33-23-30-14-7-8-17-32(30)35(33)40-24-39-34/h1-22,24H,23H2. The van der Waals surface area contributed by atoms with Crippen molar-refractivity contribution < 1.29 is 0 Å². The highest BCUT2D eigenvalue weighted by Gasteiger charge is 2.23. The fraction of sp³-hybridized carbons (Fsp3) is 0.0263. The highest BCUT2D eigenvalue weighted by molar-refractivity contribution is 5.81. The molecule has 8 rings (SSSR count). The van der Waals surface area contributed by atoms with Gasteiger partial charge in [0.1, 0.15) is 6.33 Å². The molecule has 5 nitrogen and oxygen atoms in total. The van der Waals surface area contributed by atoms with Crippen molar-refractivity contribution in [3.63, 3.8) is 0 Å². The van der Waals surface area contributed by atoms with Gasteiger partial charge in [-0.15, -0.1) is 0 Å². The van der Waals surface area contributed by atoms with E-state index >= 15 is 0 Å². The number of hydrogen-bond donors (Lipinski definition) is 0. The summed E-state index contributed by atoms with van der Waals surface area (Å²) in [6.07, 6.45) is 2.53. The monoisotopic (exact) mass is 551 g/mol. The lowest BCUT2D eigenvalue weighted by atomic mass is 9.99. The maximum Gasteiger partial charge on any atom is 0.164 e. The van der Waals surface area contributed by atoms with Crippen molar-refractivity contribution in [2.45, 2.75) is 6.42 Å². The Labute approximate surface area is 249 Å². The van der Waals surface area contributed by atoms with Crippen molar-refractivity contribution in [1.29, 1.82) is 0 Å². The molecule has 2 aromatic heterocycles. The number of aromatic nitrogens is 5. The largest absolute Gasteiger partial charge is 0.236 e. The molecule has 0 unspecified atom stereocenters. The molecule has 0 saturated heterocycles. The summed E-state index contributed by atoms with van der Waals surface area (Å²) in [5.41, 5.74) is 11.9. The maximum absolute atomic E-state index is 4.90. The van der Waals surface area contributed by atoms with Crippen LogP contribution in [0.25, 0.3) is 67.8 Å². The second-order valence-electron chi connectivity index (χ2n) is 10.6. The van der Waals surface area contributed by atoms with Gasteiger partial charge in [-0.25, -0.2) is 24.9 Å². The van der Waals surface area contributed by atoms with E-state index < -0.39 is 0 Å². The first-order valence-corrected chi connectivity index (χ1v) is 14.3. The molecule has 2 heterocycles. The van der Waals surface area contributed by atoms with Gasteiger partial charge in [-0.3, -0.25) is 0 Å². The first-order chi connectivity index (χ1) is 21.3. The van der Waals surface area contributed by atoms with Gasteiger partial charge in [0.2, 0.25) is 0 Å². The molecule has 0 amide bonds. The summed E-state index contributed by atoms with van der Waals surface area (Å²) in [5.74, 6) is 1.94. The summed E-state index contributed by atoms with van der Waals surface area (Å²) in [5, 5.41) is 0. The Hall–Kier alpha value is -5.81. The molecule has 0 bridgehead atoms. The number of fused-ring (bicyclic) bond motifs is 3. The van der Waals surface area contributed by atoms with Gasteiger partial charge in [0.15, 0.2) is 17.5 Å². The van der Waals surface area contributed by atoms with E-state index in [9.17, 15) is 0 Å². The summed E-state index contributed by atoms with van der Waals surface area (Å²) < 4.78 is 0. The number of hydrogen-bond acceptors (Lipinski definition) is 5. The van der Waals surface area contributed by atoms with E-state index in [4.69, 9.17) is 19.9 Å². The lowest BCUT2D eigenvalue weighted by Crippen LogP contribution is -2.00. The fourth-order valence-corrected chi connectivity index (χ4v) is 5.75. The Balaban J connectivity index is 1.15. The number of rotatable bonds is 5. The summed E-state index contributed by atoms with van der Waals surface area (Å²) >= 11 is 0. The highest BCUT2D eigenvalue weighted by Crippen LogP contribution is 2.39. The lowest BCUT2D eigenvalue weighted by molar-refractivity contribution is 1.07. The van der Waals surface area contributed by atoms with Crippen molar-refractivity contribution in [3.8, 4) is 67.8 Å². The molecule has 7 aromatic rings. The van der Waals surface area contributed by atoms with E-state index in [2.05, 4.69) is 77.8 Å². The second-order valence-corrected chi connectivity index (χ2v) is 10.6. The van der Waals surface area contributed by atoms with Crippen molar-refractivity contribution in [1.82, 2.24) is 24.9 Å². The minimum atomic E-state index is 0.641. The van der Waals surface area contributed by atoms with E-state index in [-0.39, 0.29) is 0 Å². The molecule has 0 saturated carbocycles. The first kappa shape index (κ1) is 24.9. The second kappa shape index (κ2) is 10.5. The maximum atomic E-state index is 4.90. The zero-order chi connectivity index (χ0) is 28.6. The lowest BCUT2D eigenvalue weighted by Gasteiger charge is -2.10. The van der Waals surface area contributed by atoms with Crippen molar-refractivity contribution in [2.75, 3.05) is 0 Å². The van der Waals surface area contributed by atoms with Crippen molar-refractivity contribution in [3.05, 3.63) is 151 Å². The van der Waals surface area contributed by atoms with Gasteiger partial charge in [-0.1, -0.05) is 127 Å². The minimum absolute atomic E-state index is 0.641. The molecular formula is C38H25N5. The molecule has 5 aromatic carbocycles. The van der Waals surface area contributed by atoms with Crippen LogP contribution in [0, 0.1) is 0 Å². The molecule has 0 radical (unpaired) electrons. The molecule has 0 N–H and O–H groups in total. The highest BCUT2D eigenvalue weighted by atomic mass is 15.0. The SMILES string of the molecule is c1ccc(-c2nc(-c3ccccc3)nc(-c3cccc(-c4ccc(-c5ncnc6c5Cc5ccccc5-6)cc4)c3)n2)cc1. The van der Waals surface area contributed by atoms with Crippen LogP contribution in [0.4, 0.5) is 0 Å². The van der Waals surface area contributed by atoms with Gasteiger partial charge in [-0.05, 0) is 22.8 Å². The summed E-state index contributed by atoms with van der Waals surface area (Å²) in [4.78, 5) is 23.9. The third kappa shape index (κ3) is 4.67. The summed E-state index contributed by atoms with van der Waals surface area (Å²) in [6.45, 7) is 0. The average molecular weight is 552 g/mol. The van der Waals surface area contributed by atoms with E-state index in [1.165, 1.54) is 16.7 Å². The molecule has 0 aliphatic heterocycles. The quantitative estimate of drug-likeness (QED) is 0.214. The Kier molecular flexibility index (Phi) is 6.12. The van der Waals surface area contributed by atoms with Crippen LogP contribution in [0.2, 0.25) is 0 Å². The number of nitrogens with zero attached hydrogens (tertiary/aromatic N) is 5.